The average Bonchev–Trinajstić information content (AvgIpc) is 2.94. The first-order valence-corrected chi connectivity index (χ1v) is 7.28. The highest BCUT2D eigenvalue weighted by Crippen LogP contribution is 2.28. The first-order valence-electron chi connectivity index (χ1n) is 6.52. The number of pyridine rings is 1. The number of hydrogen-bond donors (Lipinski definition) is 1. The van der Waals surface area contributed by atoms with E-state index in [1.807, 2.05) is 0 Å². The lowest BCUT2D eigenvalue weighted by atomic mass is 10.1. The van der Waals surface area contributed by atoms with Crippen molar-refractivity contribution in [3.8, 4) is 0 Å². The lowest BCUT2D eigenvalue weighted by Gasteiger charge is -2.21. The van der Waals surface area contributed by atoms with Crippen LogP contribution in [-0.2, 0) is 0 Å². The van der Waals surface area contributed by atoms with Gasteiger partial charge in [0.1, 0.15) is 10.3 Å². The number of carbonyl (C=O) groups excluding carboxylic acids is 1. The van der Waals surface area contributed by atoms with Crippen LogP contribution in [0.15, 0.2) is 12.1 Å². The number of amides is 1. The molecule has 4 nitrogen and oxygen atoms in total. The van der Waals surface area contributed by atoms with Crippen LogP contribution in [0.2, 0.25) is 10.3 Å². The summed E-state index contributed by atoms with van der Waals surface area (Å²) in [6, 6.07) is 3.91. The molecule has 3 rings (SSSR count). The van der Waals surface area contributed by atoms with Gasteiger partial charge in [0.2, 0.25) is 0 Å². The van der Waals surface area contributed by atoms with E-state index in [2.05, 4.69) is 15.2 Å². The molecule has 1 aromatic heterocycles. The normalized spacial score (nSPS) is 26.4. The molecule has 3 heterocycles. The van der Waals surface area contributed by atoms with E-state index in [0.717, 1.165) is 25.9 Å². The van der Waals surface area contributed by atoms with Crippen molar-refractivity contribution in [2.45, 2.75) is 31.3 Å². The molecule has 2 fully saturated rings. The van der Waals surface area contributed by atoms with E-state index in [0.29, 0.717) is 16.8 Å². The van der Waals surface area contributed by atoms with E-state index < -0.39 is 0 Å². The minimum absolute atomic E-state index is 0.159. The second kappa shape index (κ2) is 5.27. The minimum atomic E-state index is -0.159. The summed E-state index contributed by atoms with van der Waals surface area (Å²) in [6.45, 7) is 2.22. The maximum atomic E-state index is 12.2. The Balaban J connectivity index is 1.71. The van der Waals surface area contributed by atoms with Crippen molar-refractivity contribution in [3.05, 3.63) is 28.0 Å². The molecular formula is C13H15Cl2N3O. The van der Waals surface area contributed by atoms with Crippen molar-refractivity contribution in [2.75, 3.05) is 13.1 Å². The molecule has 1 aromatic rings. The number of nitrogens with zero attached hydrogens (tertiary/aromatic N) is 2. The predicted octanol–water partition coefficient (Wildman–Crippen LogP) is 2.35. The van der Waals surface area contributed by atoms with Crippen molar-refractivity contribution in [2.24, 2.45) is 0 Å². The van der Waals surface area contributed by atoms with Crippen molar-refractivity contribution in [3.63, 3.8) is 0 Å². The molecule has 0 radical (unpaired) electrons. The number of halogens is 2. The molecule has 2 atom stereocenters. The molecular weight excluding hydrogens is 285 g/mol. The molecule has 2 aliphatic rings. The molecule has 2 aliphatic heterocycles. The highest BCUT2D eigenvalue weighted by Gasteiger charge is 2.38. The van der Waals surface area contributed by atoms with Crippen LogP contribution in [0.3, 0.4) is 0 Å². The van der Waals surface area contributed by atoms with Gasteiger partial charge in [-0.1, -0.05) is 23.2 Å². The maximum Gasteiger partial charge on any atom is 0.254 e. The fraction of sp³-hybridized carbons (Fsp3) is 0.538. The number of fused-ring (bicyclic) bond motifs is 1. The second-order valence-electron chi connectivity index (χ2n) is 5.09. The Bertz CT molecular complexity index is 509. The van der Waals surface area contributed by atoms with Crippen LogP contribution < -0.4 is 5.32 Å². The number of nitrogens with one attached hydrogen (secondary N) is 1. The molecule has 19 heavy (non-hydrogen) atoms. The molecule has 0 aliphatic carbocycles. The number of rotatable bonds is 2. The molecule has 2 unspecified atom stereocenters. The molecule has 6 heteroatoms. The third kappa shape index (κ3) is 2.57. The summed E-state index contributed by atoms with van der Waals surface area (Å²) < 4.78 is 0. The van der Waals surface area contributed by atoms with Crippen molar-refractivity contribution in [1.82, 2.24) is 15.2 Å². The Labute approximate surface area is 122 Å². The van der Waals surface area contributed by atoms with Gasteiger partial charge in [0, 0.05) is 18.6 Å². The molecule has 0 bridgehead atoms. The third-order valence-electron chi connectivity index (χ3n) is 3.98. The zero-order chi connectivity index (χ0) is 13.4. The van der Waals surface area contributed by atoms with Gasteiger partial charge in [-0.3, -0.25) is 9.69 Å². The van der Waals surface area contributed by atoms with E-state index >= 15 is 0 Å². The van der Waals surface area contributed by atoms with E-state index in [1.54, 1.807) is 12.1 Å². The van der Waals surface area contributed by atoms with Gasteiger partial charge in [-0.05, 0) is 37.9 Å². The molecule has 102 valence electrons. The molecule has 0 aromatic carbocycles. The van der Waals surface area contributed by atoms with Gasteiger partial charge in [-0.15, -0.1) is 0 Å². The summed E-state index contributed by atoms with van der Waals surface area (Å²) in [6.07, 6.45) is 3.40. The quantitative estimate of drug-likeness (QED) is 0.853. The van der Waals surface area contributed by atoms with Gasteiger partial charge in [0.15, 0.2) is 0 Å². The lowest BCUT2D eigenvalue weighted by molar-refractivity contribution is 0.0929. The first-order chi connectivity index (χ1) is 9.15. The van der Waals surface area contributed by atoms with Gasteiger partial charge in [0.05, 0.1) is 5.56 Å². The topological polar surface area (TPSA) is 45.2 Å². The molecule has 1 amide bonds. The van der Waals surface area contributed by atoms with Gasteiger partial charge < -0.3 is 5.32 Å². The predicted molar refractivity (Wildman–Crippen MR) is 74.7 cm³/mol. The maximum absolute atomic E-state index is 12.2. The Morgan fingerprint density at radius 3 is 2.95 bits per heavy atom. The van der Waals surface area contributed by atoms with Crippen LogP contribution in [0.25, 0.3) is 0 Å². The standard InChI is InChI=1S/C13H15Cl2N3O/c14-11-4-3-8(12(15)17-11)13(19)16-9-5-7-18-6-1-2-10(9)18/h3-4,9-10H,1-2,5-7H2,(H,16,19). The highest BCUT2D eigenvalue weighted by atomic mass is 35.5. The minimum Gasteiger partial charge on any atom is -0.348 e. The van der Waals surface area contributed by atoms with Gasteiger partial charge >= 0.3 is 0 Å². The van der Waals surface area contributed by atoms with Crippen LogP contribution in [0, 0.1) is 0 Å². The van der Waals surface area contributed by atoms with E-state index in [4.69, 9.17) is 23.2 Å². The van der Waals surface area contributed by atoms with Gasteiger partial charge in [0.25, 0.3) is 5.91 Å². The lowest BCUT2D eigenvalue weighted by Crippen LogP contribution is -2.42. The average molecular weight is 300 g/mol. The first kappa shape index (κ1) is 13.2. The Kier molecular flexibility index (Phi) is 3.65. The van der Waals surface area contributed by atoms with Gasteiger partial charge in [-0.25, -0.2) is 4.98 Å². The summed E-state index contributed by atoms with van der Waals surface area (Å²) in [5, 5.41) is 3.53. The third-order valence-corrected chi connectivity index (χ3v) is 4.48. The van der Waals surface area contributed by atoms with Crippen LogP contribution >= 0.6 is 23.2 Å². The zero-order valence-electron chi connectivity index (χ0n) is 10.4. The number of hydrogen-bond acceptors (Lipinski definition) is 3. The summed E-state index contributed by atoms with van der Waals surface area (Å²) in [5.74, 6) is -0.159. The van der Waals surface area contributed by atoms with E-state index in [9.17, 15) is 4.79 Å². The SMILES string of the molecule is O=C(NC1CCN2CCCC12)c1ccc(Cl)nc1Cl. The van der Waals surface area contributed by atoms with Gasteiger partial charge in [-0.2, -0.15) is 0 Å². The van der Waals surface area contributed by atoms with Crippen LogP contribution in [0.4, 0.5) is 0 Å². The monoisotopic (exact) mass is 299 g/mol. The van der Waals surface area contributed by atoms with Crippen LogP contribution in [-0.4, -0.2) is 41.0 Å². The van der Waals surface area contributed by atoms with E-state index in [1.165, 1.54) is 6.42 Å². The smallest absolute Gasteiger partial charge is 0.254 e. The Morgan fingerprint density at radius 1 is 1.32 bits per heavy atom. The molecule has 0 spiro atoms. The van der Waals surface area contributed by atoms with Crippen LogP contribution in [0.5, 0.6) is 0 Å². The van der Waals surface area contributed by atoms with E-state index in [-0.39, 0.29) is 17.1 Å². The summed E-state index contributed by atoms with van der Waals surface area (Å²) in [5.41, 5.74) is 0.391. The van der Waals surface area contributed by atoms with Crippen molar-refractivity contribution in [1.29, 1.82) is 0 Å². The molecule has 0 saturated carbocycles. The number of aromatic nitrogens is 1. The van der Waals surface area contributed by atoms with Crippen molar-refractivity contribution >= 4 is 29.1 Å². The summed E-state index contributed by atoms with van der Waals surface area (Å²) in [7, 11) is 0. The molecule has 1 N–H and O–H groups in total. The second-order valence-corrected chi connectivity index (χ2v) is 5.83. The summed E-state index contributed by atoms with van der Waals surface area (Å²) in [4.78, 5) is 18.6. The summed E-state index contributed by atoms with van der Waals surface area (Å²) >= 11 is 11.7. The zero-order valence-corrected chi connectivity index (χ0v) is 11.9. The fourth-order valence-corrected chi connectivity index (χ4v) is 3.51. The largest absolute Gasteiger partial charge is 0.348 e. The highest BCUT2D eigenvalue weighted by molar-refractivity contribution is 6.34. The number of carbonyl (C=O) groups is 1. The Morgan fingerprint density at radius 2 is 2.16 bits per heavy atom. The van der Waals surface area contributed by atoms with Crippen molar-refractivity contribution < 1.29 is 4.79 Å². The fourth-order valence-electron chi connectivity index (χ4n) is 3.08. The molecule has 2 saturated heterocycles. The Hall–Kier alpha value is -0.840. The van der Waals surface area contributed by atoms with Crippen LogP contribution in [0.1, 0.15) is 29.6 Å².